The molecule has 0 saturated heterocycles. The quantitative estimate of drug-likeness (QED) is 0.266. The van der Waals surface area contributed by atoms with Crippen molar-refractivity contribution in [1.82, 2.24) is 0 Å². The lowest BCUT2D eigenvalue weighted by atomic mass is 10.2. The smallest absolute Gasteiger partial charge is 0.335 e. The summed E-state index contributed by atoms with van der Waals surface area (Å²) in [5, 5.41) is 0. The highest BCUT2D eigenvalue weighted by Crippen LogP contribution is 2.20. The Kier molecular flexibility index (Phi) is 23.8. The van der Waals surface area contributed by atoms with Gasteiger partial charge in [0.05, 0.1) is 0 Å². The van der Waals surface area contributed by atoms with Crippen molar-refractivity contribution in [3.05, 3.63) is 0 Å². The van der Waals surface area contributed by atoms with Crippen molar-refractivity contribution in [2.75, 3.05) is 11.5 Å². The largest absolute Gasteiger partial charge is 0.373 e. The Morgan fingerprint density at radius 3 is 0.929 bits per heavy atom. The van der Waals surface area contributed by atoms with E-state index in [9.17, 15) is 28.8 Å². The summed E-state index contributed by atoms with van der Waals surface area (Å²) in [6.07, 6.45) is 1.59. The zero-order valence-corrected chi connectivity index (χ0v) is 18.1. The Morgan fingerprint density at radius 2 is 0.786 bits per heavy atom. The third kappa shape index (κ3) is 35.4. The molecular formula is C16H28N2O8S2. The fourth-order valence-electron chi connectivity index (χ4n) is 0.952. The Bertz CT molecular complexity index is 453. The molecule has 12 heteroatoms. The van der Waals surface area contributed by atoms with Gasteiger partial charge in [0.1, 0.15) is 34.6 Å². The van der Waals surface area contributed by atoms with Crippen molar-refractivity contribution in [3.63, 3.8) is 0 Å². The number of hydrogen-bond acceptors (Lipinski definition) is 12. The van der Waals surface area contributed by atoms with E-state index in [1.807, 2.05) is 0 Å². The van der Waals surface area contributed by atoms with E-state index in [0.29, 0.717) is 25.7 Å². The van der Waals surface area contributed by atoms with Gasteiger partial charge in [-0.3, -0.25) is 0 Å². The molecule has 0 unspecified atom stereocenters. The molecule has 0 rings (SSSR count). The van der Waals surface area contributed by atoms with E-state index >= 15 is 0 Å². The molecule has 0 aromatic carbocycles. The number of hydrogen-bond donors (Lipinski definition) is 2. The molecule has 0 aromatic heterocycles. The Labute approximate surface area is 172 Å². The number of Topliss-reactive ketones (excluding diaryl/α,β-unsaturated/α-hetero) is 4. The molecular weight excluding hydrogens is 412 g/mol. The maximum Gasteiger partial charge on any atom is 0.335 e. The van der Waals surface area contributed by atoms with Gasteiger partial charge in [-0.25, -0.2) is 9.59 Å². The van der Waals surface area contributed by atoms with Crippen LogP contribution in [0.25, 0.3) is 0 Å². The van der Waals surface area contributed by atoms with Crippen LogP contribution in [0.2, 0.25) is 0 Å². The number of nitrogens with two attached hydrogens (primary N) is 2. The molecule has 4 N–H and O–H groups in total. The van der Waals surface area contributed by atoms with Crippen LogP contribution < -0.4 is 11.8 Å². The average molecular weight is 441 g/mol. The molecule has 0 atom stereocenters. The third-order valence-electron chi connectivity index (χ3n) is 2.36. The number of rotatable bonds is 11. The van der Waals surface area contributed by atoms with Gasteiger partial charge in [0.2, 0.25) is 0 Å². The minimum atomic E-state index is -0.548. The highest BCUT2D eigenvalue weighted by molar-refractivity contribution is 8.77. The summed E-state index contributed by atoms with van der Waals surface area (Å²) in [6, 6.07) is 0. The molecule has 0 aliphatic rings. The molecule has 162 valence electrons. The molecule has 10 nitrogen and oxygen atoms in total. The van der Waals surface area contributed by atoms with Gasteiger partial charge in [-0.2, -0.15) is 11.8 Å². The lowest BCUT2D eigenvalue weighted by Crippen LogP contribution is -2.13. The molecule has 0 fully saturated rings. The molecule has 0 aliphatic heterocycles. The first-order valence-corrected chi connectivity index (χ1v) is 10.5. The third-order valence-corrected chi connectivity index (χ3v) is 4.44. The second-order valence-corrected chi connectivity index (χ2v) is 7.78. The zero-order chi connectivity index (χ0) is 22.5. The van der Waals surface area contributed by atoms with Crippen molar-refractivity contribution in [2.24, 2.45) is 11.8 Å². The maximum absolute atomic E-state index is 10.4. The second kappa shape index (κ2) is 21.5. The molecule has 0 saturated carbocycles. The molecule has 0 amide bonds. The molecule has 0 heterocycles. The molecule has 28 heavy (non-hydrogen) atoms. The molecule has 0 aromatic rings. The predicted octanol–water partition coefficient (Wildman–Crippen LogP) is 1.09. The average Bonchev–Trinajstić information content (AvgIpc) is 2.62. The van der Waals surface area contributed by atoms with E-state index in [1.165, 1.54) is 27.7 Å². The summed E-state index contributed by atoms with van der Waals surface area (Å²) in [5.74, 6) is 8.52. The first kappa shape index (κ1) is 31.0. The summed E-state index contributed by atoms with van der Waals surface area (Å²) >= 11 is 0. The first-order valence-electron chi connectivity index (χ1n) is 7.97. The van der Waals surface area contributed by atoms with E-state index in [2.05, 4.69) is 21.5 Å². The van der Waals surface area contributed by atoms with E-state index in [1.54, 1.807) is 0 Å². The Balaban J connectivity index is -0.000000347. The highest BCUT2D eigenvalue weighted by atomic mass is 33.1. The summed E-state index contributed by atoms with van der Waals surface area (Å²) < 4.78 is 0. The summed E-state index contributed by atoms with van der Waals surface area (Å²) in [4.78, 5) is 69.3. The number of carbonyl (C=O) groups is 6. The molecule has 0 bridgehead atoms. The van der Waals surface area contributed by atoms with E-state index in [0.717, 1.165) is 21.6 Å². The Morgan fingerprint density at radius 1 is 0.571 bits per heavy atom. The first-order chi connectivity index (χ1) is 13.0. The SMILES string of the molecule is CC(=O)CCC(C)=O.CC(=O)CCC(C)=O.NOC(=O)CSSCC(=O)ON. The fourth-order valence-corrected chi connectivity index (χ4v) is 2.52. The fraction of sp³-hybridized carbons (Fsp3) is 0.625. The molecule has 0 spiro atoms. The van der Waals surface area contributed by atoms with Crippen LogP contribution in [0.15, 0.2) is 0 Å². The minimum absolute atomic E-state index is 0.0824. The van der Waals surface area contributed by atoms with Crippen LogP contribution >= 0.6 is 21.6 Å². The van der Waals surface area contributed by atoms with Crippen LogP contribution in [0, 0.1) is 0 Å². The van der Waals surface area contributed by atoms with Crippen molar-refractivity contribution in [3.8, 4) is 0 Å². The minimum Gasteiger partial charge on any atom is -0.373 e. The van der Waals surface area contributed by atoms with Gasteiger partial charge in [0.15, 0.2) is 0 Å². The number of ketones is 4. The van der Waals surface area contributed by atoms with Crippen LogP contribution in [0.4, 0.5) is 0 Å². The van der Waals surface area contributed by atoms with E-state index in [-0.39, 0.29) is 34.6 Å². The monoisotopic (exact) mass is 440 g/mol. The maximum atomic E-state index is 10.4. The lowest BCUT2D eigenvalue weighted by molar-refractivity contribution is -0.141. The van der Waals surface area contributed by atoms with Crippen LogP contribution in [0.5, 0.6) is 0 Å². The van der Waals surface area contributed by atoms with Gasteiger partial charge in [0.25, 0.3) is 0 Å². The van der Waals surface area contributed by atoms with Crippen molar-refractivity contribution >= 4 is 56.7 Å². The lowest BCUT2D eigenvalue weighted by Gasteiger charge is -1.97. The van der Waals surface area contributed by atoms with Gasteiger partial charge >= 0.3 is 11.9 Å². The van der Waals surface area contributed by atoms with Gasteiger partial charge < -0.3 is 28.9 Å². The van der Waals surface area contributed by atoms with Gasteiger partial charge in [0, 0.05) is 25.7 Å². The predicted molar refractivity (Wildman–Crippen MR) is 107 cm³/mol. The topological polar surface area (TPSA) is 173 Å². The normalized spacial score (nSPS) is 8.93. The van der Waals surface area contributed by atoms with Gasteiger partial charge in [-0.15, -0.1) is 0 Å². The van der Waals surface area contributed by atoms with Gasteiger partial charge in [-0.1, -0.05) is 21.6 Å². The van der Waals surface area contributed by atoms with Crippen molar-refractivity contribution in [1.29, 1.82) is 0 Å². The zero-order valence-electron chi connectivity index (χ0n) is 16.5. The number of carbonyl (C=O) groups excluding carboxylic acids is 6. The van der Waals surface area contributed by atoms with Crippen molar-refractivity contribution < 1.29 is 38.4 Å². The molecule has 0 radical (unpaired) electrons. The summed E-state index contributed by atoms with van der Waals surface area (Å²) in [6.45, 7) is 5.96. The van der Waals surface area contributed by atoms with E-state index in [4.69, 9.17) is 0 Å². The standard InChI is InChI=1S/2C6H10O2.C4H8N2O4S2/c2*1-5(7)3-4-6(2)8;5-9-3(7)1-11-12-2-4(8)10-6/h2*3-4H2,1-2H3;1-2,5-6H2. The second-order valence-electron chi connectivity index (χ2n) is 5.31. The van der Waals surface area contributed by atoms with Crippen LogP contribution in [-0.2, 0) is 38.4 Å². The van der Waals surface area contributed by atoms with Crippen LogP contribution in [0.1, 0.15) is 53.4 Å². The van der Waals surface area contributed by atoms with Gasteiger partial charge in [-0.05, 0) is 27.7 Å². The van der Waals surface area contributed by atoms with Crippen LogP contribution in [0.3, 0.4) is 0 Å². The molecule has 0 aliphatic carbocycles. The summed E-state index contributed by atoms with van der Waals surface area (Å²) in [5.41, 5.74) is 0. The van der Waals surface area contributed by atoms with Crippen LogP contribution in [-0.4, -0.2) is 46.6 Å². The van der Waals surface area contributed by atoms with E-state index < -0.39 is 11.9 Å². The highest BCUT2D eigenvalue weighted by Gasteiger charge is 2.04. The summed E-state index contributed by atoms with van der Waals surface area (Å²) in [7, 11) is 2.27. The Hall–Kier alpha value is -1.76. The van der Waals surface area contributed by atoms with Crippen molar-refractivity contribution in [2.45, 2.75) is 53.4 Å².